The van der Waals surface area contributed by atoms with Gasteiger partial charge < -0.3 is 15.4 Å². The van der Waals surface area contributed by atoms with Gasteiger partial charge in [0.1, 0.15) is 6.10 Å². The van der Waals surface area contributed by atoms with E-state index in [4.69, 9.17) is 10.5 Å². The van der Waals surface area contributed by atoms with Crippen LogP contribution in [0.2, 0.25) is 0 Å². The van der Waals surface area contributed by atoms with E-state index in [0.29, 0.717) is 18.5 Å². The quantitative estimate of drug-likeness (QED) is 0.841. The van der Waals surface area contributed by atoms with E-state index in [9.17, 15) is 4.79 Å². The second kappa shape index (κ2) is 6.02. The lowest BCUT2D eigenvalue weighted by Crippen LogP contribution is -2.55. The van der Waals surface area contributed by atoms with E-state index < -0.39 is 0 Å². The Kier molecular flexibility index (Phi) is 4.32. The Labute approximate surface area is 122 Å². The fourth-order valence-corrected chi connectivity index (χ4v) is 4.43. The number of amides is 1. The van der Waals surface area contributed by atoms with Crippen molar-refractivity contribution < 1.29 is 9.53 Å². The van der Waals surface area contributed by atoms with Crippen LogP contribution >= 0.6 is 0 Å². The van der Waals surface area contributed by atoms with Crippen LogP contribution in [0.25, 0.3) is 0 Å². The normalized spacial score (nSPS) is 41.5. The minimum atomic E-state index is -0.223. The highest BCUT2D eigenvalue weighted by Crippen LogP contribution is 2.39. The van der Waals surface area contributed by atoms with E-state index in [1.165, 1.54) is 25.7 Å². The average molecular weight is 280 g/mol. The number of ether oxygens (including phenoxy) is 1. The maximum atomic E-state index is 12.8. The summed E-state index contributed by atoms with van der Waals surface area (Å²) in [5.74, 6) is 1.73. The zero-order valence-electron chi connectivity index (χ0n) is 12.6. The monoisotopic (exact) mass is 280 g/mol. The fraction of sp³-hybridized carbons (Fsp3) is 0.938. The van der Waals surface area contributed by atoms with Gasteiger partial charge in [-0.05, 0) is 43.9 Å². The Hall–Kier alpha value is -0.610. The summed E-state index contributed by atoms with van der Waals surface area (Å²) < 4.78 is 5.82. The molecule has 0 radical (unpaired) electrons. The average Bonchev–Trinajstić information content (AvgIpc) is 2.96. The van der Waals surface area contributed by atoms with Crippen LogP contribution in [0.15, 0.2) is 0 Å². The first-order chi connectivity index (χ1) is 9.70. The summed E-state index contributed by atoms with van der Waals surface area (Å²) in [5.41, 5.74) is 5.65. The fourth-order valence-electron chi connectivity index (χ4n) is 4.43. The lowest BCUT2D eigenvalue weighted by atomic mass is 9.72. The summed E-state index contributed by atoms with van der Waals surface area (Å²) in [7, 11) is 0. The van der Waals surface area contributed by atoms with Crippen LogP contribution in [0.4, 0.5) is 0 Å². The van der Waals surface area contributed by atoms with Gasteiger partial charge in [-0.3, -0.25) is 4.79 Å². The second-order valence-corrected chi connectivity index (χ2v) is 6.87. The lowest BCUT2D eigenvalue weighted by molar-refractivity contribution is -0.150. The zero-order valence-corrected chi connectivity index (χ0v) is 12.6. The van der Waals surface area contributed by atoms with Crippen molar-refractivity contribution in [2.75, 3.05) is 13.1 Å². The molecule has 4 nitrogen and oxygen atoms in total. The van der Waals surface area contributed by atoms with Crippen molar-refractivity contribution in [3.8, 4) is 0 Å². The molecule has 2 aliphatic heterocycles. The second-order valence-electron chi connectivity index (χ2n) is 6.87. The molecule has 4 heteroatoms. The first-order valence-corrected chi connectivity index (χ1v) is 8.36. The van der Waals surface area contributed by atoms with Gasteiger partial charge in [-0.1, -0.05) is 19.8 Å². The van der Waals surface area contributed by atoms with Gasteiger partial charge in [0.2, 0.25) is 0 Å². The van der Waals surface area contributed by atoms with Gasteiger partial charge in [0.05, 0.1) is 6.10 Å². The molecule has 0 aromatic carbocycles. The molecule has 0 spiro atoms. The SMILES string of the molecule is CC1CCN(C(=O)C2CCC(CN)O2)C2CCCCC12. The van der Waals surface area contributed by atoms with E-state index in [2.05, 4.69) is 11.8 Å². The molecule has 3 aliphatic rings. The number of fused-ring (bicyclic) bond motifs is 1. The number of carbonyl (C=O) groups is 1. The van der Waals surface area contributed by atoms with Crippen molar-refractivity contribution in [1.82, 2.24) is 4.90 Å². The highest BCUT2D eigenvalue weighted by atomic mass is 16.5. The summed E-state index contributed by atoms with van der Waals surface area (Å²) in [5, 5.41) is 0. The van der Waals surface area contributed by atoms with Gasteiger partial charge in [0, 0.05) is 19.1 Å². The van der Waals surface area contributed by atoms with Crippen LogP contribution in [-0.4, -0.2) is 42.1 Å². The van der Waals surface area contributed by atoms with E-state index in [0.717, 1.165) is 31.7 Å². The third-order valence-corrected chi connectivity index (χ3v) is 5.67. The molecule has 3 rings (SSSR count). The van der Waals surface area contributed by atoms with Crippen LogP contribution in [0, 0.1) is 11.8 Å². The maximum Gasteiger partial charge on any atom is 0.251 e. The highest BCUT2D eigenvalue weighted by molar-refractivity contribution is 5.81. The number of piperidine rings is 1. The number of rotatable bonds is 2. The molecule has 1 aliphatic carbocycles. The molecule has 1 amide bonds. The van der Waals surface area contributed by atoms with Gasteiger partial charge in [0.25, 0.3) is 5.91 Å². The lowest BCUT2D eigenvalue weighted by Gasteiger charge is -2.47. The van der Waals surface area contributed by atoms with Gasteiger partial charge in [-0.15, -0.1) is 0 Å². The van der Waals surface area contributed by atoms with Crippen LogP contribution in [0.1, 0.15) is 51.9 Å². The summed E-state index contributed by atoms with van der Waals surface area (Å²) >= 11 is 0. The summed E-state index contributed by atoms with van der Waals surface area (Å²) in [4.78, 5) is 14.9. The molecule has 5 unspecified atom stereocenters. The van der Waals surface area contributed by atoms with Crippen molar-refractivity contribution in [3.05, 3.63) is 0 Å². The molecule has 2 heterocycles. The molecule has 0 aromatic rings. The number of hydrogen-bond acceptors (Lipinski definition) is 3. The zero-order chi connectivity index (χ0) is 14.1. The van der Waals surface area contributed by atoms with E-state index in [1.807, 2.05) is 0 Å². The standard InChI is InChI=1S/C16H28N2O2/c1-11-8-9-18(14-5-3-2-4-13(11)14)16(19)15-7-6-12(10-17)20-15/h11-15H,2-10,17H2,1H3. The number of hydrogen-bond donors (Lipinski definition) is 1. The maximum absolute atomic E-state index is 12.8. The third-order valence-electron chi connectivity index (χ3n) is 5.67. The van der Waals surface area contributed by atoms with Crippen molar-refractivity contribution in [2.45, 2.75) is 70.1 Å². The van der Waals surface area contributed by atoms with E-state index in [-0.39, 0.29) is 18.1 Å². The molecule has 0 aromatic heterocycles. The number of carbonyl (C=O) groups excluding carboxylic acids is 1. The Morgan fingerprint density at radius 1 is 1.20 bits per heavy atom. The van der Waals surface area contributed by atoms with Gasteiger partial charge >= 0.3 is 0 Å². The first kappa shape index (κ1) is 14.3. The van der Waals surface area contributed by atoms with Crippen LogP contribution < -0.4 is 5.73 Å². The van der Waals surface area contributed by atoms with Crippen molar-refractivity contribution in [2.24, 2.45) is 17.6 Å². The van der Waals surface area contributed by atoms with Crippen LogP contribution in [0.5, 0.6) is 0 Å². The Bertz CT molecular complexity index is 360. The molecular weight excluding hydrogens is 252 g/mol. The Morgan fingerprint density at radius 3 is 2.75 bits per heavy atom. The minimum absolute atomic E-state index is 0.0924. The summed E-state index contributed by atoms with van der Waals surface area (Å²) in [6.07, 6.45) is 7.90. The molecule has 0 bridgehead atoms. The molecule has 5 atom stereocenters. The van der Waals surface area contributed by atoms with Crippen molar-refractivity contribution in [1.29, 1.82) is 0 Å². The molecular formula is C16H28N2O2. The van der Waals surface area contributed by atoms with Crippen molar-refractivity contribution in [3.63, 3.8) is 0 Å². The predicted molar refractivity (Wildman–Crippen MR) is 78.2 cm³/mol. The molecule has 20 heavy (non-hydrogen) atoms. The van der Waals surface area contributed by atoms with E-state index in [1.54, 1.807) is 0 Å². The van der Waals surface area contributed by atoms with Crippen molar-refractivity contribution >= 4 is 5.91 Å². The molecule has 3 fully saturated rings. The molecule has 1 saturated carbocycles. The largest absolute Gasteiger partial charge is 0.364 e. The Morgan fingerprint density at radius 2 is 2.00 bits per heavy atom. The topological polar surface area (TPSA) is 55.6 Å². The minimum Gasteiger partial charge on any atom is -0.364 e. The molecule has 2 N–H and O–H groups in total. The predicted octanol–water partition coefficient (Wildman–Crippen LogP) is 1.92. The van der Waals surface area contributed by atoms with Crippen LogP contribution in [0.3, 0.4) is 0 Å². The van der Waals surface area contributed by atoms with Gasteiger partial charge in [0.15, 0.2) is 0 Å². The first-order valence-electron chi connectivity index (χ1n) is 8.36. The number of nitrogens with two attached hydrogens (primary N) is 1. The highest BCUT2D eigenvalue weighted by Gasteiger charge is 2.42. The number of nitrogens with zero attached hydrogens (tertiary/aromatic N) is 1. The molecule has 2 saturated heterocycles. The summed E-state index contributed by atoms with van der Waals surface area (Å²) in [6.45, 7) is 3.82. The Balaban J connectivity index is 1.67. The molecule has 114 valence electrons. The number of likely N-dealkylation sites (tertiary alicyclic amines) is 1. The third kappa shape index (κ3) is 2.60. The summed E-state index contributed by atoms with van der Waals surface area (Å²) in [6, 6.07) is 0.473. The smallest absolute Gasteiger partial charge is 0.251 e. The van der Waals surface area contributed by atoms with Gasteiger partial charge in [-0.2, -0.15) is 0 Å². The van der Waals surface area contributed by atoms with Gasteiger partial charge in [-0.25, -0.2) is 0 Å². The van der Waals surface area contributed by atoms with E-state index >= 15 is 0 Å². The van der Waals surface area contributed by atoms with Crippen LogP contribution in [-0.2, 0) is 9.53 Å².